The van der Waals surface area contributed by atoms with Gasteiger partial charge in [0, 0.05) is 78.5 Å². The second kappa shape index (κ2) is 31.5. The first-order valence-electron chi connectivity index (χ1n) is 38.3. The van der Waals surface area contributed by atoms with E-state index in [0.717, 1.165) is 113 Å². The van der Waals surface area contributed by atoms with Gasteiger partial charge < -0.3 is 0 Å². The molecule has 0 saturated heterocycles. The van der Waals surface area contributed by atoms with Crippen LogP contribution >= 0.6 is 80.1 Å². The molecule has 0 N–H and O–H groups in total. The van der Waals surface area contributed by atoms with E-state index in [1.54, 1.807) is 63.5 Å². The molecule has 0 saturated carbocycles. The van der Waals surface area contributed by atoms with E-state index in [9.17, 15) is 20.1 Å². The monoisotopic (exact) mass is 1540 g/mol. The Morgan fingerprint density at radius 1 is 0.417 bits per heavy atom. The fraction of sp³-hybridized carbons (Fsp3) is 0.284. The quantitative estimate of drug-likeness (QED) is 0.0234. The molecule has 4 heterocycles. The van der Waals surface area contributed by atoms with Gasteiger partial charge >= 0.3 is 0 Å². The summed E-state index contributed by atoms with van der Waals surface area (Å²) in [5.74, 6) is -0.587. The van der Waals surface area contributed by atoms with E-state index in [-0.39, 0.29) is 44.2 Å². The third-order valence-corrected chi connectivity index (χ3v) is 28.6. The number of rotatable bonds is 26. The van der Waals surface area contributed by atoms with Gasteiger partial charge in [-0.15, -0.1) is 45.3 Å². The van der Waals surface area contributed by atoms with Gasteiger partial charge in [-0.3, -0.25) is 9.59 Å². The van der Waals surface area contributed by atoms with Crippen LogP contribution in [-0.2, 0) is 36.5 Å². The van der Waals surface area contributed by atoms with Gasteiger partial charge in [0.05, 0.1) is 55.6 Å². The van der Waals surface area contributed by atoms with Gasteiger partial charge in [-0.05, 0) is 196 Å². The predicted octanol–water partition coefficient (Wildman–Crippen LogP) is 28.6. The number of benzene rings is 7. The highest BCUT2D eigenvalue weighted by Crippen LogP contribution is 2.68. The van der Waals surface area contributed by atoms with Gasteiger partial charge in [-0.25, -0.2) is 20.2 Å². The SMILES string of the molecule is [C-]#[N+]/C(C#N)=C1\C(=Cc2cc3sc4c(c3s2)C(c2ccc(CCCCCC)cc2)(c2ccc(CCCCCC)cc2)c2cc3c(cc2-4)C(c2ccc(CCCCCC)cc2)(c2ccc(CCCCCC)cc2)c2c-3sc3cc(C=C4C(=O)c5cc(Cl)c(Cl)cc5/C4=C(/C#N)[N+]#[C-])sc23)C(=O)c2cc(Cl)c(C)cc21. The molecule has 0 radical (unpaired) electrons. The Morgan fingerprint density at radius 3 is 1.06 bits per heavy atom. The smallest absolute Gasteiger partial charge is 0.270 e. The minimum absolute atomic E-state index is 0.137. The Balaban J connectivity index is 1.01. The van der Waals surface area contributed by atoms with Crippen molar-refractivity contribution < 1.29 is 9.59 Å². The van der Waals surface area contributed by atoms with Crippen molar-refractivity contribution in [2.45, 2.75) is 174 Å². The van der Waals surface area contributed by atoms with E-state index in [0.29, 0.717) is 38.4 Å². The van der Waals surface area contributed by atoms with Crippen LogP contribution in [0.2, 0.25) is 15.1 Å². The van der Waals surface area contributed by atoms with Crippen molar-refractivity contribution in [1.29, 1.82) is 10.5 Å². The first-order chi connectivity index (χ1) is 52.7. The molecular weight excluding hydrogens is 1460 g/mol. The lowest BCUT2D eigenvalue weighted by Crippen LogP contribution is -2.30. The molecule has 538 valence electrons. The lowest BCUT2D eigenvalue weighted by Gasteiger charge is -2.36. The van der Waals surface area contributed by atoms with Crippen molar-refractivity contribution in [2.75, 3.05) is 0 Å². The zero-order valence-electron chi connectivity index (χ0n) is 61.5. The van der Waals surface area contributed by atoms with Crippen molar-refractivity contribution >= 4 is 134 Å². The van der Waals surface area contributed by atoms with Crippen LogP contribution in [0.5, 0.6) is 0 Å². The average Bonchev–Trinajstić information content (AvgIpc) is 1.49. The molecule has 0 fully saturated rings. The van der Waals surface area contributed by atoms with Crippen molar-refractivity contribution in [2.24, 2.45) is 0 Å². The van der Waals surface area contributed by atoms with Gasteiger partial charge in [0.15, 0.2) is 11.6 Å². The molecular formula is C95H81Cl3N4O2S4. The van der Waals surface area contributed by atoms with Crippen LogP contribution in [0.3, 0.4) is 0 Å². The summed E-state index contributed by atoms with van der Waals surface area (Å²) in [6, 6.07) is 58.6. The molecule has 15 rings (SSSR count). The topological polar surface area (TPSA) is 90.4 Å². The van der Waals surface area contributed by atoms with Crippen molar-refractivity contribution in [3.05, 3.63) is 310 Å². The molecule has 0 atom stereocenters. The van der Waals surface area contributed by atoms with Gasteiger partial charge in [0.2, 0.25) is 0 Å². The Bertz CT molecular complexity index is 5260. The van der Waals surface area contributed by atoms with Crippen molar-refractivity contribution in [3.8, 4) is 33.0 Å². The molecule has 0 spiro atoms. The molecule has 4 aromatic heterocycles. The number of thiophene rings is 4. The lowest BCUT2D eigenvalue weighted by atomic mass is 9.65. The molecule has 7 aromatic carbocycles. The summed E-state index contributed by atoms with van der Waals surface area (Å²) >= 11 is 26.9. The number of nitrogens with zero attached hydrogens (tertiary/aromatic N) is 4. The summed E-state index contributed by atoms with van der Waals surface area (Å²) in [5, 5.41) is 22.0. The summed E-state index contributed by atoms with van der Waals surface area (Å²) in [6.45, 7) is 27.3. The van der Waals surface area contributed by atoms with Gasteiger partial charge in [0.1, 0.15) is 0 Å². The van der Waals surface area contributed by atoms with Crippen LogP contribution < -0.4 is 0 Å². The maximum Gasteiger partial charge on any atom is 0.270 e. The van der Waals surface area contributed by atoms with Gasteiger partial charge in [0.25, 0.3) is 11.4 Å². The third-order valence-electron chi connectivity index (χ3n) is 22.7. The van der Waals surface area contributed by atoms with Crippen LogP contribution in [0.1, 0.15) is 244 Å². The zero-order chi connectivity index (χ0) is 75.1. The molecule has 4 aliphatic rings. The van der Waals surface area contributed by atoms with Crippen LogP contribution in [0.25, 0.3) is 72.7 Å². The first kappa shape index (κ1) is 74.5. The molecule has 6 nitrogen and oxygen atoms in total. The van der Waals surface area contributed by atoms with E-state index in [1.165, 1.54) is 137 Å². The summed E-state index contributed by atoms with van der Waals surface area (Å²) in [7, 11) is 0. The molecule has 11 aromatic rings. The third kappa shape index (κ3) is 12.9. The number of allylic oxidation sites excluding steroid dienone is 6. The van der Waals surface area contributed by atoms with Crippen molar-refractivity contribution in [3.63, 3.8) is 0 Å². The van der Waals surface area contributed by atoms with Crippen LogP contribution in [0.4, 0.5) is 0 Å². The highest BCUT2D eigenvalue weighted by molar-refractivity contribution is 7.31. The Hall–Kier alpha value is -9.01. The molecule has 0 amide bonds. The van der Waals surface area contributed by atoms with E-state index < -0.39 is 10.8 Å². The number of aryl methyl sites for hydroxylation is 5. The number of nitriles is 2. The zero-order valence-corrected chi connectivity index (χ0v) is 67.1. The van der Waals surface area contributed by atoms with Crippen molar-refractivity contribution in [1.82, 2.24) is 0 Å². The first-order valence-corrected chi connectivity index (χ1v) is 42.7. The Labute approximate surface area is 665 Å². The number of Topliss-reactive ketones (excluding diaryl/α,β-unsaturated/α-hetero) is 2. The number of fused-ring (bicyclic) bond motifs is 12. The normalized spacial score (nSPS) is 15.8. The number of unbranched alkanes of at least 4 members (excludes halogenated alkanes) is 12. The lowest BCUT2D eigenvalue weighted by molar-refractivity contribution is 0.103. The van der Waals surface area contributed by atoms with Gasteiger partial charge in [-0.1, -0.05) is 243 Å². The van der Waals surface area contributed by atoms with Crippen LogP contribution in [0.15, 0.2) is 168 Å². The minimum atomic E-state index is -0.879. The van der Waals surface area contributed by atoms with E-state index in [2.05, 4.69) is 171 Å². The minimum Gasteiger partial charge on any atom is -0.289 e. The summed E-state index contributed by atoms with van der Waals surface area (Å²) in [5.41, 5.74) is 18.5. The number of hydrogen-bond donors (Lipinski definition) is 0. The molecule has 13 heteroatoms. The Kier molecular flexibility index (Phi) is 21.7. The second-order valence-electron chi connectivity index (χ2n) is 29.4. The number of carbonyl (C=O) groups is 2. The second-order valence-corrected chi connectivity index (χ2v) is 34.9. The molecule has 0 bridgehead atoms. The number of hydrogen-bond acceptors (Lipinski definition) is 8. The van der Waals surface area contributed by atoms with Crippen LogP contribution in [0, 0.1) is 42.7 Å². The van der Waals surface area contributed by atoms with E-state index in [4.69, 9.17) is 47.9 Å². The van der Waals surface area contributed by atoms with Crippen LogP contribution in [-0.4, -0.2) is 11.6 Å². The predicted molar refractivity (Wildman–Crippen MR) is 454 cm³/mol. The maximum absolute atomic E-state index is 14.9. The summed E-state index contributed by atoms with van der Waals surface area (Å²) < 4.78 is 4.35. The maximum atomic E-state index is 14.9. The summed E-state index contributed by atoms with van der Waals surface area (Å²) in [6.07, 6.45) is 26.3. The molecule has 108 heavy (non-hydrogen) atoms. The standard InChI is InChI=1S/C95H81Cl3N4O2S4/c1-8-12-16-20-24-57-28-36-61(37-29-57)94(62-38-30-58(31-39-62)25-21-17-13-9-2)75-50-72-76(49-71(75)90-86(94)92-82(107-90)47-65(105-92)45-73-84(80(54-99)101-6)67-44-56(5)77(96)52-69(67)88(73)103)95(63-40-32-59(33-41-63)26-22-18-14-10-3,64-42-34-60(35-43-64)27-23-19-15-11-4)87-91(72)108-83-48-66(106-93(83)87)46-74-85(81(55-100)102-7)68-51-78(97)79(98)53-70(68)89(74)104/h28-53H,8-27H2,1-5H3/b73-45?,74-46?,84-80-,85-81+. The fourth-order valence-corrected chi connectivity index (χ4v) is 23.2. The van der Waals surface area contributed by atoms with E-state index in [1.807, 2.05) is 25.1 Å². The number of ketones is 2. The number of carbonyl (C=O) groups excluding carboxylic acids is 2. The van der Waals surface area contributed by atoms with E-state index >= 15 is 0 Å². The number of halogens is 3. The average molecular weight is 1550 g/mol. The largest absolute Gasteiger partial charge is 0.289 e. The highest BCUT2D eigenvalue weighted by atomic mass is 35.5. The Morgan fingerprint density at radius 2 is 0.741 bits per heavy atom. The van der Waals surface area contributed by atoms with Gasteiger partial charge in [-0.2, -0.15) is 0 Å². The highest BCUT2D eigenvalue weighted by Gasteiger charge is 2.55. The molecule has 0 aliphatic heterocycles. The fourth-order valence-electron chi connectivity index (χ4n) is 17.3. The molecule has 0 unspecified atom stereocenters. The molecule has 4 aliphatic carbocycles. The summed E-state index contributed by atoms with van der Waals surface area (Å²) in [4.78, 5) is 41.1.